The Bertz CT molecular complexity index is 1570. The summed E-state index contributed by atoms with van der Waals surface area (Å²) in [5.74, 6) is -1.05. The van der Waals surface area contributed by atoms with Crippen molar-refractivity contribution in [1.29, 1.82) is 0 Å². The molecule has 0 aromatic carbocycles. The maximum atomic E-state index is 12.8. The minimum absolute atomic E-state index is 0.0944. The standard InChI is InChI=1S/C72H122O6/c1-4-7-10-13-16-19-22-25-27-28-29-30-31-32-33-34-35-36-37-38-39-40-41-42-43-44-46-47-50-53-56-59-62-65-71(74)77-68-69(67-76-70(73)64-61-58-55-52-49-24-21-18-15-12-9-6-3)78-72(75)66-63-60-57-54-51-48-45-26-23-20-17-14-11-8-5-2/h8,11,17-18,20-22,25-26,28-29,31-32,45,51,54,60,63,69H,4-7,9-10,12-16,19,23-24,27,30,33-44,46-50,52-53,55-59,61-62,64-68H2,1-3H3/b11-8-,20-17-,21-18-,25-22-,29-28-,32-31-,45-26-,54-51-,63-60-. The Hall–Kier alpha value is -3.93. The monoisotopic (exact) mass is 1080 g/mol. The molecule has 0 aromatic rings. The number of hydrogen-bond acceptors (Lipinski definition) is 6. The lowest BCUT2D eigenvalue weighted by molar-refractivity contribution is -0.166. The topological polar surface area (TPSA) is 78.9 Å². The van der Waals surface area contributed by atoms with Gasteiger partial charge >= 0.3 is 17.9 Å². The molecule has 1 atom stereocenters. The van der Waals surface area contributed by atoms with E-state index in [1.54, 1.807) is 6.08 Å². The van der Waals surface area contributed by atoms with Crippen LogP contribution in [0.5, 0.6) is 0 Å². The number of ether oxygens (including phenoxy) is 3. The lowest BCUT2D eigenvalue weighted by Crippen LogP contribution is -2.30. The molecule has 0 saturated heterocycles. The third-order valence-electron chi connectivity index (χ3n) is 14.0. The molecule has 1 unspecified atom stereocenters. The van der Waals surface area contributed by atoms with Crippen LogP contribution in [0, 0.1) is 0 Å². The smallest absolute Gasteiger partial charge is 0.310 e. The number of hydrogen-bond donors (Lipinski definition) is 0. The van der Waals surface area contributed by atoms with Gasteiger partial charge in [-0.2, -0.15) is 0 Å². The number of carbonyl (C=O) groups is 3. The van der Waals surface area contributed by atoms with E-state index in [-0.39, 0.29) is 31.6 Å². The van der Waals surface area contributed by atoms with Crippen LogP contribution in [-0.4, -0.2) is 37.2 Å². The van der Waals surface area contributed by atoms with Crippen LogP contribution in [0.2, 0.25) is 0 Å². The Labute approximate surface area is 482 Å². The number of esters is 3. The highest BCUT2D eigenvalue weighted by Crippen LogP contribution is 2.16. The van der Waals surface area contributed by atoms with Gasteiger partial charge in [-0.15, -0.1) is 0 Å². The van der Waals surface area contributed by atoms with Gasteiger partial charge in [-0.1, -0.05) is 291 Å². The molecule has 0 rings (SSSR count). The quantitative estimate of drug-likeness (QED) is 0.0261. The van der Waals surface area contributed by atoms with Gasteiger partial charge in [0.2, 0.25) is 0 Å². The minimum Gasteiger partial charge on any atom is -0.462 e. The van der Waals surface area contributed by atoms with Gasteiger partial charge in [0.1, 0.15) is 13.2 Å². The van der Waals surface area contributed by atoms with Gasteiger partial charge in [0.05, 0.1) is 6.42 Å². The molecule has 0 bridgehead atoms. The van der Waals surface area contributed by atoms with Gasteiger partial charge in [-0.3, -0.25) is 14.4 Å². The molecule has 0 fully saturated rings. The number of carbonyl (C=O) groups excluding carboxylic acids is 3. The molecule has 0 N–H and O–H groups in total. The molecule has 0 spiro atoms. The average molecular weight is 1080 g/mol. The summed E-state index contributed by atoms with van der Waals surface area (Å²) in [5, 5.41) is 0. The third-order valence-corrected chi connectivity index (χ3v) is 14.0. The molecule has 446 valence electrons. The van der Waals surface area contributed by atoms with Crippen LogP contribution in [-0.2, 0) is 28.6 Å². The number of allylic oxidation sites excluding steroid dienone is 17. The zero-order chi connectivity index (χ0) is 56.4. The van der Waals surface area contributed by atoms with Crippen molar-refractivity contribution in [3.8, 4) is 0 Å². The van der Waals surface area contributed by atoms with Crippen LogP contribution < -0.4 is 0 Å². The lowest BCUT2D eigenvalue weighted by atomic mass is 10.0. The first-order valence-electron chi connectivity index (χ1n) is 32.9. The van der Waals surface area contributed by atoms with E-state index >= 15 is 0 Å². The summed E-state index contributed by atoms with van der Waals surface area (Å²) in [6, 6.07) is 0. The van der Waals surface area contributed by atoms with Crippen molar-refractivity contribution in [1.82, 2.24) is 0 Å². The SMILES string of the molecule is CC/C=C\C/C=C\C/C=C\C/C=C\C/C=C\CC(=O)OC(COC(=O)CCCCCCC/C=C\CCCCC)COC(=O)CCCCCCCCCCCCCCCCCCCC/C=C\C/C=C\C/C=C\CCCCCCC. The summed E-state index contributed by atoms with van der Waals surface area (Å²) >= 11 is 0. The van der Waals surface area contributed by atoms with E-state index < -0.39 is 12.1 Å². The Kier molecular flexibility index (Phi) is 62.3. The van der Waals surface area contributed by atoms with E-state index in [4.69, 9.17) is 14.2 Å². The fraction of sp³-hybridized carbons (Fsp3) is 0.708. The van der Waals surface area contributed by atoms with Crippen molar-refractivity contribution in [2.75, 3.05) is 13.2 Å². The van der Waals surface area contributed by atoms with E-state index in [0.717, 1.165) is 96.3 Å². The zero-order valence-electron chi connectivity index (χ0n) is 51.2. The van der Waals surface area contributed by atoms with Crippen molar-refractivity contribution in [2.45, 2.75) is 316 Å². The predicted molar refractivity (Wildman–Crippen MR) is 339 cm³/mol. The van der Waals surface area contributed by atoms with Crippen molar-refractivity contribution >= 4 is 17.9 Å². The lowest BCUT2D eigenvalue weighted by Gasteiger charge is -2.18. The molecule has 6 nitrogen and oxygen atoms in total. The summed E-state index contributed by atoms with van der Waals surface area (Å²) in [5.41, 5.74) is 0. The molecule has 0 aliphatic heterocycles. The average Bonchev–Trinajstić information content (AvgIpc) is 3.44. The summed E-state index contributed by atoms with van der Waals surface area (Å²) < 4.78 is 16.8. The Morgan fingerprint density at radius 1 is 0.282 bits per heavy atom. The van der Waals surface area contributed by atoms with Gasteiger partial charge in [0, 0.05) is 12.8 Å². The van der Waals surface area contributed by atoms with Crippen molar-refractivity contribution in [3.05, 3.63) is 109 Å². The first-order valence-corrected chi connectivity index (χ1v) is 32.9. The molecular weight excluding hydrogens is 961 g/mol. The van der Waals surface area contributed by atoms with Crippen LogP contribution in [0.3, 0.4) is 0 Å². The first-order chi connectivity index (χ1) is 38.5. The minimum atomic E-state index is -0.836. The van der Waals surface area contributed by atoms with Gasteiger partial charge in [0.15, 0.2) is 6.10 Å². The third kappa shape index (κ3) is 62.9. The number of rotatable bonds is 59. The number of unbranched alkanes of at least 4 members (excludes halogenated alkanes) is 31. The van der Waals surface area contributed by atoms with Gasteiger partial charge in [-0.05, 0) is 109 Å². The Morgan fingerprint density at radius 3 is 0.885 bits per heavy atom. The maximum absolute atomic E-state index is 12.8. The van der Waals surface area contributed by atoms with Crippen molar-refractivity contribution in [3.63, 3.8) is 0 Å². The van der Waals surface area contributed by atoms with Crippen LogP contribution in [0.25, 0.3) is 0 Å². The van der Waals surface area contributed by atoms with Crippen LogP contribution in [0.1, 0.15) is 310 Å². The summed E-state index contributed by atoms with van der Waals surface area (Å²) in [7, 11) is 0. The summed E-state index contributed by atoms with van der Waals surface area (Å²) in [6.45, 7) is 6.41. The Balaban J connectivity index is 4.19. The molecule has 0 radical (unpaired) electrons. The molecule has 0 aliphatic rings. The molecule has 0 saturated carbocycles. The van der Waals surface area contributed by atoms with Gasteiger partial charge < -0.3 is 14.2 Å². The molecular formula is C72H122O6. The Morgan fingerprint density at radius 2 is 0.538 bits per heavy atom. The van der Waals surface area contributed by atoms with E-state index in [1.807, 2.05) is 6.08 Å². The summed E-state index contributed by atoms with van der Waals surface area (Å²) in [4.78, 5) is 38.1. The van der Waals surface area contributed by atoms with E-state index in [1.165, 1.54) is 173 Å². The molecule has 78 heavy (non-hydrogen) atoms. The molecule has 6 heteroatoms. The van der Waals surface area contributed by atoms with Crippen molar-refractivity contribution < 1.29 is 28.6 Å². The second kappa shape index (κ2) is 65.6. The molecule has 0 heterocycles. The highest BCUT2D eigenvalue weighted by molar-refractivity contribution is 5.72. The van der Waals surface area contributed by atoms with Crippen LogP contribution in [0.4, 0.5) is 0 Å². The first kappa shape index (κ1) is 74.1. The summed E-state index contributed by atoms with van der Waals surface area (Å²) in [6.07, 6.45) is 90.1. The zero-order valence-corrected chi connectivity index (χ0v) is 51.2. The normalized spacial score (nSPS) is 12.8. The van der Waals surface area contributed by atoms with Crippen molar-refractivity contribution in [2.24, 2.45) is 0 Å². The highest BCUT2D eigenvalue weighted by Gasteiger charge is 2.19. The highest BCUT2D eigenvalue weighted by atomic mass is 16.6. The predicted octanol–water partition coefficient (Wildman–Crippen LogP) is 22.6. The maximum Gasteiger partial charge on any atom is 0.310 e. The van der Waals surface area contributed by atoms with E-state index in [2.05, 4.69) is 118 Å². The van der Waals surface area contributed by atoms with Crippen LogP contribution in [0.15, 0.2) is 109 Å². The largest absolute Gasteiger partial charge is 0.462 e. The fourth-order valence-electron chi connectivity index (χ4n) is 9.11. The van der Waals surface area contributed by atoms with Gasteiger partial charge in [-0.25, -0.2) is 0 Å². The second-order valence-electron chi connectivity index (χ2n) is 21.7. The fourth-order valence-corrected chi connectivity index (χ4v) is 9.11. The molecule has 0 aliphatic carbocycles. The van der Waals surface area contributed by atoms with Gasteiger partial charge in [0.25, 0.3) is 0 Å². The molecule has 0 amide bonds. The second-order valence-corrected chi connectivity index (χ2v) is 21.7. The molecule has 0 aromatic heterocycles. The van der Waals surface area contributed by atoms with Crippen LogP contribution >= 0.6 is 0 Å². The van der Waals surface area contributed by atoms with E-state index in [9.17, 15) is 14.4 Å². The van der Waals surface area contributed by atoms with E-state index in [0.29, 0.717) is 12.8 Å².